The number of quaternary nitrogens is 1. The molecule has 1 aromatic carbocycles. The van der Waals surface area contributed by atoms with Gasteiger partial charge in [0, 0.05) is 6.07 Å². The Morgan fingerprint density at radius 2 is 1.88 bits per heavy atom. The van der Waals surface area contributed by atoms with Crippen LogP contribution in [0, 0.1) is 6.92 Å². The lowest BCUT2D eigenvalue weighted by molar-refractivity contribution is -0.278. The van der Waals surface area contributed by atoms with Crippen LogP contribution in [0.2, 0.25) is 0 Å². The fourth-order valence-corrected chi connectivity index (χ4v) is 1.52. The quantitative estimate of drug-likeness (QED) is 0.739. The van der Waals surface area contributed by atoms with Gasteiger partial charge in [0.05, 0.1) is 5.69 Å². The van der Waals surface area contributed by atoms with Gasteiger partial charge in [-0.05, 0) is 24.4 Å². The van der Waals surface area contributed by atoms with Crippen molar-refractivity contribution < 1.29 is 5.11 Å². The van der Waals surface area contributed by atoms with E-state index in [4.69, 9.17) is 0 Å². The third-order valence-electron chi connectivity index (χ3n) is 2.26. The molecule has 1 heterocycles. The second-order valence-corrected chi connectivity index (χ2v) is 3.40. The van der Waals surface area contributed by atoms with E-state index < -0.39 is 17.1 Å². The highest BCUT2D eigenvalue weighted by molar-refractivity contribution is 5.41. The summed E-state index contributed by atoms with van der Waals surface area (Å²) in [6.07, 6.45) is 0. The summed E-state index contributed by atoms with van der Waals surface area (Å²) in [6, 6.07) is 7.82. The third-order valence-corrected chi connectivity index (χ3v) is 2.26. The van der Waals surface area contributed by atoms with Gasteiger partial charge in [-0.15, -0.1) is 0 Å². The largest absolute Gasteiger partial charge is 0.859 e. The normalized spacial score (nSPS) is 9.71. The third kappa shape index (κ3) is 2.26. The first-order valence-corrected chi connectivity index (χ1v) is 4.69. The summed E-state index contributed by atoms with van der Waals surface area (Å²) in [5.41, 5.74) is -0.130. The van der Waals surface area contributed by atoms with Crippen LogP contribution < -0.4 is 22.5 Å². The van der Waals surface area contributed by atoms with Crippen LogP contribution in [0.3, 0.4) is 0 Å². The molecule has 17 heavy (non-hydrogen) atoms. The highest BCUT2D eigenvalue weighted by Crippen LogP contribution is 2.13. The molecule has 1 aromatic heterocycles. The van der Waals surface area contributed by atoms with E-state index in [9.17, 15) is 14.7 Å². The number of para-hydroxylation sites is 1. The van der Waals surface area contributed by atoms with Gasteiger partial charge < -0.3 is 11.3 Å². The summed E-state index contributed by atoms with van der Waals surface area (Å²) in [5, 5.41) is 11.6. The number of rotatable bonds is 1. The number of nitrogens with zero attached hydrogens (tertiary/aromatic N) is 1. The van der Waals surface area contributed by atoms with Crippen molar-refractivity contribution in [3.05, 3.63) is 56.7 Å². The molecule has 6 heteroatoms. The predicted octanol–water partition coefficient (Wildman–Crippen LogP) is 0.284. The molecular weight excluding hydrogens is 222 g/mol. The zero-order valence-corrected chi connectivity index (χ0v) is 9.56. The van der Waals surface area contributed by atoms with Crippen LogP contribution in [0.5, 0.6) is 5.88 Å². The molecule has 0 fully saturated rings. The number of hydrogen-bond donors (Lipinski definition) is 2. The maximum atomic E-state index is 11.6. The molecule has 2 aromatic rings. The van der Waals surface area contributed by atoms with Crippen molar-refractivity contribution in [1.82, 2.24) is 15.7 Å². The van der Waals surface area contributed by atoms with Gasteiger partial charge >= 0.3 is 5.69 Å². The molecular formula is C11H13N3O3. The van der Waals surface area contributed by atoms with Crippen LogP contribution in [0.4, 0.5) is 0 Å². The standard InChI is InChI=1S/C11H10N2O3.H3N/c1-7-4-2-3-5-8(7)13-10(15)6-9(14)12-11(13)16;/h2-6,15H,1H3,(H,12,14,16);1H3. The molecule has 6 nitrogen and oxygen atoms in total. The molecule has 0 unspecified atom stereocenters. The molecule has 2 rings (SSSR count). The van der Waals surface area contributed by atoms with Crippen molar-refractivity contribution in [2.45, 2.75) is 6.92 Å². The van der Waals surface area contributed by atoms with E-state index in [0.717, 1.165) is 16.2 Å². The Hall–Kier alpha value is -2.34. The van der Waals surface area contributed by atoms with Gasteiger partial charge in [0.15, 0.2) is 0 Å². The van der Waals surface area contributed by atoms with E-state index in [1.807, 2.05) is 0 Å². The second-order valence-electron chi connectivity index (χ2n) is 3.40. The maximum Gasteiger partial charge on any atom is 0.332 e. The number of H-pyrrole nitrogens is 1. The highest BCUT2D eigenvalue weighted by Gasteiger charge is 2.03. The first kappa shape index (κ1) is 12.7. The van der Waals surface area contributed by atoms with Crippen molar-refractivity contribution in [2.75, 3.05) is 0 Å². The lowest BCUT2D eigenvalue weighted by Gasteiger charge is -2.16. The van der Waals surface area contributed by atoms with Gasteiger partial charge in [0.2, 0.25) is 0 Å². The van der Waals surface area contributed by atoms with Crippen molar-refractivity contribution in [3.63, 3.8) is 0 Å². The molecule has 0 bridgehead atoms. The molecule has 0 radical (unpaired) electrons. The van der Waals surface area contributed by atoms with Crippen LogP contribution in [0.15, 0.2) is 39.9 Å². The smallest absolute Gasteiger partial charge is 0.332 e. The summed E-state index contributed by atoms with van der Waals surface area (Å²) in [4.78, 5) is 24.5. The molecule has 0 aliphatic carbocycles. The Morgan fingerprint density at radius 1 is 1.24 bits per heavy atom. The van der Waals surface area contributed by atoms with Gasteiger partial charge in [-0.3, -0.25) is 14.3 Å². The van der Waals surface area contributed by atoms with E-state index in [1.54, 1.807) is 31.2 Å². The van der Waals surface area contributed by atoms with Gasteiger partial charge in [-0.2, -0.15) is 0 Å². The molecule has 5 N–H and O–H groups in total. The SMILES string of the molecule is Cc1ccccc1-n1c([O-])cc(=O)[nH]c1=O.[NH4+]. The van der Waals surface area contributed by atoms with Gasteiger partial charge in [0.25, 0.3) is 5.56 Å². The first-order valence-electron chi connectivity index (χ1n) is 4.69. The molecule has 0 amide bonds. The summed E-state index contributed by atoms with van der Waals surface area (Å²) in [7, 11) is 0. The molecule has 0 aliphatic heterocycles. The minimum Gasteiger partial charge on any atom is -0.859 e. The van der Waals surface area contributed by atoms with E-state index in [1.165, 1.54) is 0 Å². The lowest BCUT2D eigenvalue weighted by atomic mass is 10.2. The zero-order valence-electron chi connectivity index (χ0n) is 9.56. The maximum absolute atomic E-state index is 11.6. The number of aromatic amines is 1. The van der Waals surface area contributed by atoms with Crippen molar-refractivity contribution in [2.24, 2.45) is 0 Å². The Balaban J connectivity index is 0.00000144. The Bertz CT molecular complexity index is 643. The summed E-state index contributed by atoms with van der Waals surface area (Å²) >= 11 is 0. The number of hydrogen-bond acceptors (Lipinski definition) is 3. The van der Waals surface area contributed by atoms with E-state index >= 15 is 0 Å². The number of aryl methyl sites for hydroxylation is 1. The number of nitrogens with one attached hydrogen (secondary N) is 1. The van der Waals surface area contributed by atoms with Crippen molar-refractivity contribution in [1.29, 1.82) is 0 Å². The van der Waals surface area contributed by atoms with Crippen molar-refractivity contribution >= 4 is 0 Å². The van der Waals surface area contributed by atoms with Crippen molar-refractivity contribution in [3.8, 4) is 11.6 Å². The molecule has 0 spiro atoms. The predicted molar refractivity (Wildman–Crippen MR) is 62.8 cm³/mol. The molecule has 90 valence electrons. The lowest BCUT2D eigenvalue weighted by Crippen LogP contribution is -2.30. The van der Waals surface area contributed by atoms with Crippen LogP contribution >= 0.6 is 0 Å². The summed E-state index contributed by atoms with van der Waals surface area (Å²) < 4.78 is 0.941. The van der Waals surface area contributed by atoms with E-state index in [2.05, 4.69) is 4.98 Å². The van der Waals surface area contributed by atoms with Crippen LogP contribution in [0.1, 0.15) is 5.56 Å². The van der Waals surface area contributed by atoms with E-state index in [-0.39, 0.29) is 6.15 Å². The van der Waals surface area contributed by atoms with Gasteiger partial charge in [0.1, 0.15) is 0 Å². The Labute approximate surface area is 96.8 Å². The summed E-state index contributed by atoms with van der Waals surface area (Å²) in [6.45, 7) is 1.78. The molecule has 0 saturated carbocycles. The fourth-order valence-electron chi connectivity index (χ4n) is 1.52. The molecule has 0 atom stereocenters. The number of benzene rings is 1. The highest BCUT2D eigenvalue weighted by atomic mass is 16.3. The zero-order chi connectivity index (χ0) is 11.7. The average Bonchev–Trinajstić information content (AvgIpc) is 2.19. The second kappa shape index (κ2) is 4.67. The minimum absolute atomic E-state index is 0. The number of aromatic nitrogens is 2. The van der Waals surface area contributed by atoms with Crippen LogP contribution in [-0.4, -0.2) is 9.55 Å². The topological polar surface area (TPSA) is 114 Å². The molecule has 0 aliphatic rings. The Kier molecular flexibility index (Phi) is 3.49. The minimum atomic E-state index is -0.716. The average molecular weight is 235 g/mol. The van der Waals surface area contributed by atoms with Crippen LogP contribution in [0.25, 0.3) is 5.69 Å². The fraction of sp³-hybridized carbons (Fsp3) is 0.0909. The monoisotopic (exact) mass is 235 g/mol. The Morgan fingerprint density at radius 3 is 2.47 bits per heavy atom. The first-order chi connectivity index (χ1) is 7.59. The van der Waals surface area contributed by atoms with Crippen LogP contribution in [-0.2, 0) is 0 Å². The molecule has 0 saturated heterocycles. The van der Waals surface area contributed by atoms with Gasteiger partial charge in [-0.25, -0.2) is 4.79 Å². The van der Waals surface area contributed by atoms with Gasteiger partial charge in [-0.1, -0.05) is 18.2 Å². The van der Waals surface area contributed by atoms with E-state index in [0.29, 0.717) is 5.69 Å². The summed E-state index contributed by atoms with van der Waals surface area (Å²) in [5.74, 6) is -0.622.